The minimum Gasteiger partial charge on any atom is -0.507 e. The van der Waals surface area contributed by atoms with Gasteiger partial charge in [0.25, 0.3) is 11.7 Å². The molecule has 1 fully saturated rings. The first-order chi connectivity index (χ1) is 15.3. The molecule has 1 unspecified atom stereocenters. The SMILES string of the molecule is CCOc1ccc(Cl)c(/C(O)=C2\C(=O)C(=O)N(CCCN(C)C)C2c2ccccc2F)c1. The van der Waals surface area contributed by atoms with Crippen molar-refractivity contribution in [2.75, 3.05) is 33.8 Å². The van der Waals surface area contributed by atoms with Gasteiger partial charge in [0.1, 0.15) is 17.3 Å². The molecule has 1 saturated heterocycles. The van der Waals surface area contributed by atoms with Gasteiger partial charge in [-0.3, -0.25) is 9.59 Å². The van der Waals surface area contributed by atoms with Crippen molar-refractivity contribution >= 4 is 29.1 Å². The number of hydrogen-bond acceptors (Lipinski definition) is 5. The average molecular weight is 461 g/mol. The second kappa shape index (κ2) is 10.1. The minimum atomic E-state index is -1.06. The van der Waals surface area contributed by atoms with Crippen LogP contribution in [0.1, 0.15) is 30.5 Å². The summed E-state index contributed by atoms with van der Waals surface area (Å²) in [6.07, 6.45) is 0.575. The van der Waals surface area contributed by atoms with E-state index in [1.54, 1.807) is 12.1 Å². The zero-order chi connectivity index (χ0) is 23.4. The molecule has 8 heteroatoms. The lowest BCUT2D eigenvalue weighted by atomic mass is 9.94. The van der Waals surface area contributed by atoms with Gasteiger partial charge in [0.15, 0.2) is 0 Å². The summed E-state index contributed by atoms with van der Waals surface area (Å²) < 4.78 is 20.3. The van der Waals surface area contributed by atoms with Gasteiger partial charge in [0.05, 0.1) is 23.2 Å². The fourth-order valence-electron chi connectivity index (χ4n) is 3.78. The summed E-state index contributed by atoms with van der Waals surface area (Å²) in [5, 5.41) is 11.3. The van der Waals surface area contributed by atoms with E-state index < -0.39 is 29.3 Å². The van der Waals surface area contributed by atoms with Gasteiger partial charge in [-0.2, -0.15) is 0 Å². The fourth-order valence-corrected chi connectivity index (χ4v) is 3.98. The number of hydrogen-bond donors (Lipinski definition) is 1. The van der Waals surface area contributed by atoms with E-state index >= 15 is 0 Å². The molecule has 32 heavy (non-hydrogen) atoms. The Balaban J connectivity index is 2.15. The van der Waals surface area contributed by atoms with Gasteiger partial charge < -0.3 is 19.6 Å². The van der Waals surface area contributed by atoms with Gasteiger partial charge in [-0.05, 0) is 58.3 Å². The number of ketones is 1. The largest absolute Gasteiger partial charge is 0.507 e. The Bertz CT molecular complexity index is 1050. The van der Waals surface area contributed by atoms with E-state index in [2.05, 4.69) is 0 Å². The van der Waals surface area contributed by atoms with Crippen LogP contribution in [-0.2, 0) is 9.59 Å². The zero-order valence-corrected chi connectivity index (χ0v) is 19.0. The lowest BCUT2D eigenvalue weighted by Gasteiger charge is -2.26. The third-order valence-electron chi connectivity index (χ3n) is 5.25. The highest BCUT2D eigenvalue weighted by atomic mass is 35.5. The Morgan fingerprint density at radius 2 is 1.94 bits per heavy atom. The summed E-state index contributed by atoms with van der Waals surface area (Å²) in [6, 6.07) is 9.53. The zero-order valence-electron chi connectivity index (χ0n) is 18.3. The number of likely N-dealkylation sites (tertiary alicyclic amines) is 1. The highest BCUT2D eigenvalue weighted by Crippen LogP contribution is 2.41. The number of nitrogens with zero attached hydrogens (tertiary/aromatic N) is 2. The highest BCUT2D eigenvalue weighted by molar-refractivity contribution is 6.47. The van der Waals surface area contributed by atoms with E-state index in [-0.39, 0.29) is 28.3 Å². The molecule has 1 heterocycles. The molecule has 170 valence electrons. The third kappa shape index (κ3) is 4.79. The lowest BCUT2D eigenvalue weighted by molar-refractivity contribution is -0.140. The van der Waals surface area contributed by atoms with Crippen molar-refractivity contribution in [1.82, 2.24) is 9.80 Å². The fraction of sp³-hybridized carbons (Fsp3) is 0.333. The summed E-state index contributed by atoms with van der Waals surface area (Å²) in [6.45, 7) is 3.11. The molecule has 0 spiro atoms. The molecular formula is C24H26ClFN2O4. The Morgan fingerprint density at radius 3 is 2.59 bits per heavy atom. The van der Waals surface area contributed by atoms with Crippen molar-refractivity contribution in [3.8, 4) is 5.75 Å². The molecule has 6 nitrogen and oxygen atoms in total. The van der Waals surface area contributed by atoms with Crippen LogP contribution in [0.25, 0.3) is 5.76 Å². The number of amides is 1. The first-order valence-electron chi connectivity index (χ1n) is 10.4. The van der Waals surface area contributed by atoms with Gasteiger partial charge in [-0.25, -0.2) is 4.39 Å². The number of halogens is 2. The van der Waals surface area contributed by atoms with Crippen molar-refractivity contribution in [2.24, 2.45) is 0 Å². The van der Waals surface area contributed by atoms with E-state index in [0.29, 0.717) is 25.3 Å². The van der Waals surface area contributed by atoms with Crippen LogP contribution in [-0.4, -0.2) is 60.4 Å². The number of aliphatic hydroxyl groups is 1. The van der Waals surface area contributed by atoms with Crippen LogP contribution < -0.4 is 4.74 Å². The number of Topliss-reactive ketones (excluding diaryl/α,β-unsaturated/α-hetero) is 1. The van der Waals surface area contributed by atoms with Crippen LogP contribution >= 0.6 is 11.6 Å². The van der Waals surface area contributed by atoms with Crippen LogP contribution in [0.15, 0.2) is 48.0 Å². The number of carbonyl (C=O) groups excluding carboxylic acids is 2. The molecule has 0 aromatic heterocycles. The second-order valence-electron chi connectivity index (χ2n) is 7.75. The first-order valence-corrected chi connectivity index (χ1v) is 10.7. The summed E-state index contributed by atoms with van der Waals surface area (Å²) in [5.41, 5.74) is 0.0842. The lowest BCUT2D eigenvalue weighted by Crippen LogP contribution is -2.32. The maximum Gasteiger partial charge on any atom is 0.295 e. The topological polar surface area (TPSA) is 70.1 Å². The van der Waals surface area contributed by atoms with E-state index in [1.807, 2.05) is 25.9 Å². The second-order valence-corrected chi connectivity index (χ2v) is 8.15. The predicted octanol–water partition coefficient (Wildman–Crippen LogP) is 4.25. The molecule has 0 aliphatic carbocycles. The molecule has 1 aliphatic rings. The molecular weight excluding hydrogens is 435 g/mol. The maximum atomic E-state index is 14.8. The van der Waals surface area contributed by atoms with Gasteiger partial charge in [-0.15, -0.1) is 0 Å². The van der Waals surface area contributed by atoms with E-state index in [4.69, 9.17) is 16.3 Å². The number of ether oxygens (including phenoxy) is 1. The van der Waals surface area contributed by atoms with Crippen LogP contribution in [0.3, 0.4) is 0 Å². The smallest absolute Gasteiger partial charge is 0.295 e. The van der Waals surface area contributed by atoms with Crippen molar-refractivity contribution in [2.45, 2.75) is 19.4 Å². The van der Waals surface area contributed by atoms with E-state index in [9.17, 15) is 19.1 Å². The molecule has 1 N–H and O–H groups in total. The number of rotatable bonds is 8. The van der Waals surface area contributed by atoms with Crippen molar-refractivity contribution in [1.29, 1.82) is 0 Å². The molecule has 1 aliphatic heterocycles. The van der Waals surface area contributed by atoms with Crippen molar-refractivity contribution in [3.05, 3.63) is 70.0 Å². The van der Waals surface area contributed by atoms with Crippen LogP contribution in [0, 0.1) is 5.82 Å². The third-order valence-corrected chi connectivity index (χ3v) is 5.58. The maximum absolute atomic E-state index is 14.8. The summed E-state index contributed by atoms with van der Waals surface area (Å²) in [4.78, 5) is 29.2. The van der Waals surface area contributed by atoms with Gasteiger partial charge in [0.2, 0.25) is 0 Å². The Morgan fingerprint density at radius 1 is 1.22 bits per heavy atom. The quantitative estimate of drug-likeness (QED) is 0.362. The number of benzene rings is 2. The number of aliphatic hydroxyl groups excluding tert-OH is 1. The molecule has 0 saturated carbocycles. The van der Waals surface area contributed by atoms with Crippen LogP contribution in [0.4, 0.5) is 4.39 Å². The normalized spacial score (nSPS) is 17.9. The van der Waals surface area contributed by atoms with Gasteiger partial charge in [-0.1, -0.05) is 29.8 Å². The average Bonchev–Trinajstić information content (AvgIpc) is 3.00. The summed E-state index contributed by atoms with van der Waals surface area (Å²) in [7, 11) is 3.80. The summed E-state index contributed by atoms with van der Waals surface area (Å²) in [5.74, 6) is -2.24. The summed E-state index contributed by atoms with van der Waals surface area (Å²) >= 11 is 6.29. The molecule has 0 radical (unpaired) electrons. The molecule has 1 amide bonds. The molecule has 2 aromatic rings. The molecule has 2 aromatic carbocycles. The van der Waals surface area contributed by atoms with Gasteiger partial charge >= 0.3 is 0 Å². The van der Waals surface area contributed by atoms with E-state index in [1.165, 1.54) is 35.2 Å². The first kappa shape index (κ1) is 23.8. The molecule has 1 atom stereocenters. The highest BCUT2D eigenvalue weighted by Gasteiger charge is 2.46. The van der Waals surface area contributed by atoms with Crippen molar-refractivity contribution in [3.63, 3.8) is 0 Å². The Kier molecular flexibility index (Phi) is 7.53. The van der Waals surface area contributed by atoms with Gasteiger partial charge in [0, 0.05) is 17.7 Å². The Labute approximate surface area is 191 Å². The predicted molar refractivity (Wildman–Crippen MR) is 121 cm³/mol. The van der Waals surface area contributed by atoms with Crippen LogP contribution in [0.5, 0.6) is 5.75 Å². The van der Waals surface area contributed by atoms with Crippen LogP contribution in [0.2, 0.25) is 5.02 Å². The monoisotopic (exact) mass is 460 g/mol. The molecule has 0 bridgehead atoms. The standard InChI is InChI=1S/C24H26ClFN2O4/c1-4-32-15-10-11-18(25)17(14-15)22(29)20-21(16-8-5-6-9-19(16)26)28(24(31)23(20)30)13-7-12-27(2)3/h5-6,8-11,14,21,29H,4,7,12-13H2,1-3H3/b22-20+. The van der Waals surface area contributed by atoms with E-state index in [0.717, 1.165) is 0 Å². The van der Waals surface area contributed by atoms with Crippen molar-refractivity contribution < 1.29 is 23.8 Å². The minimum absolute atomic E-state index is 0.134. The number of carbonyl (C=O) groups is 2. The Hall–Kier alpha value is -2.90. The molecule has 3 rings (SSSR count).